The molecule has 10 heteroatoms. The fourth-order valence-corrected chi connectivity index (χ4v) is 3.75. The van der Waals surface area contributed by atoms with Crippen LogP contribution in [0.3, 0.4) is 0 Å². The van der Waals surface area contributed by atoms with Gasteiger partial charge in [0.2, 0.25) is 11.8 Å². The van der Waals surface area contributed by atoms with Gasteiger partial charge in [-0.1, -0.05) is 43.7 Å². The number of esters is 1. The molecule has 0 bridgehead atoms. The molecule has 0 aliphatic carbocycles. The van der Waals surface area contributed by atoms with Crippen molar-refractivity contribution in [2.45, 2.75) is 79.0 Å². The number of benzene rings is 1. The van der Waals surface area contributed by atoms with Crippen molar-refractivity contribution in [2.75, 3.05) is 26.3 Å². The van der Waals surface area contributed by atoms with Crippen molar-refractivity contribution in [3.05, 3.63) is 35.4 Å². The van der Waals surface area contributed by atoms with E-state index in [0.29, 0.717) is 12.0 Å². The van der Waals surface area contributed by atoms with Crippen LogP contribution in [0.25, 0.3) is 0 Å². The van der Waals surface area contributed by atoms with Gasteiger partial charge in [0.15, 0.2) is 0 Å². The lowest BCUT2D eigenvalue weighted by Crippen LogP contribution is -2.54. The molecule has 208 valence electrons. The van der Waals surface area contributed by atoms with Gasteiger partial charge in [0, 0.05) is 13.1 Å². The van der Waals surface area contributed by atoms with E-state index >= 15 is 0 Å². The van der Waals surface area contributed by atoms with E-state index in [1.54, 1.807) is 45.9 Å². The highest BCUT2D eigenvalue weighted by atomic mass is 16.6. The van der Waals surface area contributed by atoms with Crippen molar-refractivity contribution in [3.63, 3.8) is 0 Å². The summed E-state index contributed by atoms with van der Waals surface area (Å²) in [6.07, 6.45) is -0.476. The molecule has 0 aliphatic heterocycles. The smallest absolute Gasteiger partial charge is 0.408 e. The molecule has 10 nitrogen and oxygen atoms in total. The van der Waals surface area contributed by atoms with Crippen LogP contribution in [0, 0.1) is 12.8 Å². The maximum Gasteiger partial charge on any atom is 0.408 e. The number of carbonyl (C=O) groups excluding carboxylic acids is 4. The fraction of sp³-hybridized carbons (Fsp3) is 0.630. The van der Waals surface area contributed by atoms with E-state index < -0.39 is 48.2 Å². The highest BCUT2D eigenvalue weighted by molar-refractivity contribution is 5.92. The van der Waals surface area contributed by atoms with Gasteiger partial charge in [-0.15, -0.1) is 0 Å². The van der Waals surface area contributed by atoms with Crippen molar-refractivity contribution < 1.29 is 33.8 Å². The molecule has 3 amide bonds. The van der Waals surface area contributed by atoms with E-state index in [1.165, 1.54) is 4.90 Å². The molecule has 0 aliphatic rings. The van der Waals surface area contributed by atoms with Crippen LogP contribution in [0.5, 0.6) is 0 Å². The third-order valence-electron chi connectivity index (χ3n) is 5.17. The second-order valence-electron chi connectivity index (χ2n) is 10.2. The number of nitrogens with one attached hydrogen (secondary N) is 2. The van der Waals surface area contributed by atoms with Gasteiger partial charge in [-0.3, -0.25) is 14.4 Å². The number of ether oxygens (including phenoxy) is 2. The van der Waals surface area contributed by atoms with Gasteiger partial charge in [-0.2, -0.15) is 0 Å². The topological polar surface area (TPSA) is 134 Å². The minimum Gasteiger partial charge on any atom is -0.466 e. The Hall–Kier alpha value is -3.14. The zero-order valence-corrected chi connectivity index (χ0v) is 23.1. The molecular weight excluding hydrogens is 478 g/mol. The van der Waals surface area contributed by atoms with E-state index in [-0.39, 0.29) is 32.0 Å². The summed E-state index contributed by atoms with van der Waals surface area (Å²) in [5, 5.41) is 15.2. The second kappa shape index (κ2) is 15.2. The minimum absolute atomic E-state index is 0.0206. The molecule has 0 saturated heterocycles. The summed E-state index contributed by atoms with van der Waals surface area (Å²) in [4.78, 5) is 52.8. The molecule has 0 heterocycles. The molecule has 2 unspecified atom stereocenters. The summed E-state index contributed by atoms with van der Waals surface area (Å²) < 4.78 is 10.3. The summed E-state index contributed by atoms with van der Waals surface area (Å²) >= 11 is 0. The van der Waals surface area contributed by atoms with Crippen molar-refractivity contribution in [3.8, 4) is 0 Å². The first-order chi connectivity index (χ1) is 17.3. The molecule has 1 aromatic carbocycles. The monoisotopic (exact) mass is 521 g/mol. The third-order valence-corrected chi connectivity index (χ3v) is 5.17. The zero-order chi connectivity index (χ0) is 28.2. The average Bonchev–Trinajstić information content (AvgIpc) is 2.76. The quantitative estimate of drug-likeness (QED) is 0.340. The number of aryl methyl sites for hydroxylation is 1. The highest BCUT2D eigenvalue weighted by Crippen LogP contribution is 2.24. The summed E-state index contributed by atoms with van der Waals surface area (Å²) in [5.41, 5.74) is 0.656. The highest BCUT2D eigenvalue weighted by Gasteiger charge is 2.36. The van der Waals surface area contributed by atoms with Gasteiger partial charge in [-0.05, 0) is 52.5 Å². The van der Waals surface area contributed by atoms with Gasteiger partial charge in [0.1, 0.15) is 17.7 Å². The van der Waals surface area contributed by atoms with Crippen LogP contribution in [-0.4, -0.2) is 71.8 Å². The first-order valence-corrected chi connectivity index (χ1v) is 12.7. The van der Waals surface area contributed by atoms with E-state index in [9.17, 15) is 24.3 Å². The summed E-state index contributed by atoms with van der Waals surface area (Å²) in [6.45, 7) is 12.3. The van der Waals surface area contributed by atoms with Gasteiger partial charge < -0.3 is 30.1 Å². The Labute approximate surface area is 220 Å². The van der Waals surface area contributed by atoms with Crippen molar-refractivity contribution >= 4 is 23.9 Å². The summed E-state index contributed by atoms with van der Waals surface area (Å²) in [7, 11) is 0. The number of aliphatic hydroxyl groups is 1. The Kier molecular flexibility index (Phi) is 13.1. The van der Waals surface area contributed by atoms with Gasteiger partial charge in [0.25, 0.3) is 0 Å². The van der Waals surface area contributed by atoms with E-state index in [4.69, 9.17) is 9.47 Å². The Morgan fingerprint density at radius 3 is 2.35 bits per heavy atom. The van der Waals surface area contributed by atoms with Crippen molar-refractivity contribution in [1.29, 1.82) is 0 Å². The fourth-order valence-electron chi connectivity index (χ4n) is 3.75. The molecular formula is C27H43N3O7. The van der Waals surface area contributed by atoms with Gasteiger partial charge in [0.05, 0.1) is 19.6 Å². The number of amides is 3. The molecule has 0 fully saturated rings. The SMILES string of the molecule is CCOC(=O)CCNC(=O)C(c1cccc(C)c1)N(CCO)C(=O)C(CC(C)C)NC(=O)OC(C)(C)C. The molecule has 0 radical (unpaired) electrons. The third kappa shape index (κ3) is 11.6. The van der Waals surface area contributed by atoms with E-state index in [2.05, 4.69) is 10.6 Å². The molecule has 2 atom stereocenters. The molecule has 1 aromatic rings. The maximum absolute atomic E-state index is 13.8. The van der Waals surface area contributed by atoms with Crippen LogP contribution in [0.15, 0.2) is 24.3 Å². The summed E-state index contributed by atoms with van der Waals surface area (Å²) in [5.74, 6) is -1.45. The van der Waals surface area contributed by atoms with E-state index in [0.717, 1.165) is 5.56 Å². The number of alkyl carbamates (subject to hydrolysis) is 1. The Bertz CT molecular complexity index is 912. The van der Waals surface area contributed by atoms with Crippen LogP contribution >= 0.6 is 0 Å². The molecule has 1 rings (SSSR count). The van der Waals surface area contributed by atoms with Crippen LogP contribution < -0.4 is 10.6 Å². The number of hydrogen-bond donors (Lipinski definition) is 3. The second-order valence-corrected chi connectivity index (χ2v) is 10.2. The molecule has 0 saturated carbocycles. The standard InChI is InChI=1S/C27H43N3O7/c1-8-36-22(32)12-13-28-24(33)23(20-11-9-10-19(4)17-20)30(14-15-31)25(34)21(16-18(2)3)29-26(35)37-27(5,6)7/h9-11,17-18,21,23,31H,8,12-16H2,1-7H3,(H,28,33)(H,29,35). The van der Waals surface area contributed by atoms with E-state index in [1.807, 2.05) is 26.8 Å². The number of aliphatic hydroxyl groups excluding tert-OH is 1. The number of hydrogen-bond acceptors (Lipinski definition) is 7. The van der Waals surface area contributed by atoms with Crippen LogP contribution in [0.1, 0.15) is 71.6 Å². The van der Waals surface area contributed by atoms with Gasteiger partial charge >= 0.3 is 12.1 Å². The Morgan fingerprint density at radius 1 is 1.14 bits per heavy atom. The molecule has 37 heavy (non-hydrogen) atoms. The predicted molar refractivity (Wildman–Crippen MR) is 140 cm³/mol. The average molecular weight is 522 g/mol. The first-order valence-electron chi connectivity index (χ1n) is 12.7. The number of rotatable bonds is 13. The van der Waals surface area contributed by atoms with Crippen molar-refractivity contribution in [1.82, 2.24) is 15.5 Å². The van der Waals surface area contributed by atoms with Crippen LogP contribution in [-0.2, 0) is 23.9 Å². The minimum atomic E-state index is -1.10. The zero-order valence-electron chi connectivity index (χ0n) is 23.1. The Morgan fingerprint density at radius 2 is 1.81 bits per heavy atom. The van der Waals surface area contributed by atoms with Crippen molar-refractivity contribution in [2.24, 2.45) is 5.92 Å². The predicted octanol–water partition coefficient (Wildman–Crippen LogP) is 2.87. The number of nitrogens with zero attached hydrogens (tertiary/aromatic N) is 1. The Balaban J connectivity index is 3.34. The maximum atomic E-state index is 13.8. The molecule has 3 N–H and O–H groups in total. The first kappa shape index (κ1) is 31.9. The normalized spacial score (nSPS) is 12.9. The number of carbonyl (C=O) groups is 4. The van der Waals surface area contributed by atoms with Gasteiger partial charge in [-0.25, -0.2) is 4.79 Å². The summed E-state index contributed by atoms with van der Waals surface area (Å²) in [6, 6.07) is 5.06. The van der Waals surface area contributed by atoms with Crippen LogP contribution in [0.4, 0.5) is 4.79 Å². The lowest BCUT2D eigenvalue weighted by Gasteiger charge is -2.34. The lowest BCUT2D eigenvalue weighted by atomic mass is 9.98. The molecule has 0 spiro atoms. The van der Waals surface area contributed by atoms with Crippen LogP contribution in [0.2, 0.25) is 0 Å². The molecule has 0 aromatic heterocycles. The largest absolute Gasteiger partial charge is 0.466 e. The lowest BCUT2D eigenvalue weighted by molar-refractivity contribution is -0.144.